The van der Waals surface area contributed by atoms with Crippen LogP contribution in [0.2, 0.25) is 0 Å². The molecule has 1 amide bonds. The normalized spacial score (nSPS) is 16.3. The second-order valence-electron chi connectivity index (χ2n) is 3.69. The summed E-state index contributed by atoms with van der Waals surface area (Å²) in [4.78, 5) is 13.3. The average molecular weight is 270 g/mol. The van der Waals surface area contributed by atoms with Gasteiger partial charge < -0.3 is 16.4 Å². The molecule has 4 nitrogen and oxygen atoms in total. The maximum atomic E-state index is 11.2. The first kappa shape index (κ1) is 10.4. The van der Waals surface area contributed by atoms with Crippen LogP contribution >= 0.6 is 15.9 Å². The van der Waals surface area contributed by atoms with Crippen molar-refractivity contribution in [3.63, 3.8) is 0 Å². The van der Waals surface area contributed by atoms with Gasteiger partial charge in [-0.2, -0.15) is 0 Å². The van der Waals surface area contributed by atoms with Gasteiger partial charge in [-0.1, -0.05) is 15.9 Å². The molecule has 0 atom stereocenters. The Bertz CT molecular complexity index is 402. The van der Waals surface area contributed by atoms with Gasteiger partial charge in [0.15, 0.2) is 0 Å². The number of benzene rings is 1. The highest BCUT2D eigenvalue weighted by Crippen LogP contribution is 2.27. The molecule has 0 radical (unpaired) electrons. The molecule has 0 aliphatic carbocycles. The standard InChI is InChI=1S/C10H12BrN3O/c11-6-1-2-8(10(13)15)9(3-6)14-4-7(12)5-14/h1-3,7H,4-5,12H2,(H2,13,15). The summed E-state index contributed by atoms with van der Waals surface area (Å²) in [5, 5.41) is 0. The minimum absolute atomic E-state index is 0.199. The lowest BCUT2D eigenvalue weighted by atomic mass is 10.1. The predicted octanol–water partition coefficient (Wildman–Crippen LogP) is 0.695. The molecule has 80 valence electrons. The first-order chi connectivity index (χ1) is 7.08. The van der Waals surface area contributed by atoms with E-state index in [1.165, 1.54) is 0 Å². The first-order valence-electron chi connectivity index (χ1n) is 4.68. The van der Waals surface area contributed by atoms with Crippen molar-refractivity contribution in [3.05, 3.63) is 28.2 Å². The number of carbonyl (C=O) groups excluding carboxylic acids is 1. The SMILES string of the molecule is NC(=O)c1ccc(Br)cc1N1CC(N)C1. The summed E-state index contributed by atoms with van der Waals surface area (Å²) in [5.74, 6) is -0.405. The molecule has 1 aliphatic heterocycles. The molecule has 0 spiro atoms. The van der Waals surface area contributed by atoms with Gasteiger partial charge in [0, 0.05) is 23.6 Å². The van der Waals surface area contributed by atoms with Gasteiger partial charge in [-0.15, -0.1) is 0 Å². The molecular formula is C10H12BrN3O. The van der Waals surface area contributed by atoms with Crippen molar-refractivity contribution in [1.82, 2.24) is 0 Å². The number of amides is 1. The fraction of sp³-hybridized carbons (Fsp3) is 0.300. The second-order valence-corrected chi connectivity index (χ2v) is 4.61. The third-order valence-electron chi connectivity index (χ3n) is 2.48. The Morgan fingerprint density at radius 3 is 2.67 bits per heavy atom. The van der Waals surface area contributed by atoms with Crippen molar-refractivity contribution in [2.24, 2.45) is 11.5 Å². The van der Waals surface area contributed by atoms with Crippen molar-refractivity contribution in [3.8, 4) is 0 Å². The van der Waals surface area contributed by atoms with Gasteiger partial charge in [0.25, 0.3) is 5.91 Å². The lowest BCUT2D eigenvalue weighted by molar-refractivity contribution is 0.100. The maximum absolute atomic E-state index is 11.2. The highest BCUT2D eigenvalue weighted by Gasteiger charge is 2.26. The Hall–Kier alpha value is -1.07. The summed E-state index contributed by atoms with van der Waals surface area (Å²) >= 11 is 3.37. The number of nitrogens with zero attached hydrogens (tertiary/aromatic N) is 1. The van der Waals surface area contributed by atoms with E-state index in [9.17, 15) is 4.79 Å². The number of carbonyl (C=O) groups is 1. The summed E-state index contributed by atoms with van der Waals surface area (Å²) in [5.41, 5.74) is 12.4. The topological polar surface area (TPSA) is 72.4 Å². The van der Waals surface area contributed by atoms with E-state index < -0.39 is 5.91 Å². The second kappa shape index (κ2) is 3.83. The molecule has 1 heterocycles. The number of nitrogens with two attached hydrogens (primary N) is 2. The van der Waals surface area contributed by atoms with Gasteiger partial charge in [-0.05, 0) is 18.2 Å². The summed E-state index contributed by atoms with van der Waals surface area (Å²) in [6.45, 7) is 1.55. The fourth-order valence-corrected chi connectivity index (χ4v) is 2.03. The molecule has 0 unspecified atom stereocenters. The van der Waals surface area contributed by atoms with E-state index in [2.05, 4.69) is 20.8 Å². The van der Waals surface area contributed by atoms with E-state index in [-0.39, 0.29) is 6.04 Å². The zero-order valence-corrected chi connectivity index (χ0v) is 9.70. The van der Waals surface area contributed by atoms with Gasteiger partial charge in [0.2, 0.25) is 0 Å². The molecule has 4 N–H and O–H groups in total. The van der Waals surface area contributed by atoms with Crippen LogP contribution in [0.4, 0.5) is 5.69 Å². The van der Waals surface area contributed by atoms with Gasteiger partial charge in [-0.25, -0.2) is 0 Å². The summed E-state index contributed by atoms with van der Waals surface area (Å²) < 4.78 is 0.933. The van der Waals surface area contributed by atoms with E-state index >= 15 is 0 Å². The smallest absolute Gasteiger partial charge is 0.250 e. The predicted molar refractivity (Wildman–Crippen MR) is 62.8 cm³/mol. The van der Waals surface area contributed by atoms with Gasteiger partial charge in [0.05, 0.1) is 11.3 Å². The Kier molecular flexibility index (Phi) is 2.67. The zero-order chi connectivity index (χ0) is 11.0. The number of anilines is 1. The van der Waals surface area contributed by atoms with E-state index in [1.807, 2.05) is 12.1 Å². The largest absolute Gasteiger partial charge is 0.368 e. The minimum Gasteiger partial charge on any atom is -0.368 e. The van der Waals surface area contributed by atoms with E-state index in [0.29, 0.717) is 5.56 Å². The average Bonchev–Trinajstić information content (AvgIpc) is 2.12. The molecule has 1 aromatic rings. The molecule has 0 bridgehead atoms. The third kappa shape index (κ3) is 1.98. The maximum Gasteiger partial charge on any atom is 0.250 e. The zero-order valence-electron chi connectivity index (χ0n) is 8.11. The molecular weight excluding hydrogens is 258 g/mol. The lowest BCUT2D eigenvalue weighted by Gasteiger charge is -2.39. The van der Waals surface area contributed by atoms with Crippen LogP contribution in [0.25, 0.3) is 0 Å². The molecule has 1 aromatic carbocycles. The van der Waals surface area contributed by atoms with Crippen molar-refractivity contribution < 1.29 is 4.79 Å². The lowest BCUT2D eigenvalue weighted by Crippen LogP contribution is -2.56. The summed E-state index contributed by atoms with van der Waals surface area (Å²) in [6.07, 6.45) is 0. The van der Waals surface area contributed by atoms with Gasteiger partial charge >= 0.3 is 0 Å². The first-order valence-corrected chi connectivity index (χ1v) is 5.47. The highest BCUT2D eigenvalue weighted by molar-refractivity contribution is 9.10. The quantitative estimate of drug-likeness (QED) is 0.830. The van der Waals surface area contributed by atoms with E-state index in [1.54, 1.807) is 6.07 Å². The van der Waals surface area contributed by atoms with Crippen LogP contribution in [-0.2, 0) is 0 Å². The molecule has 1 aliphatic rings. The third-order valence-corrected chi connectivity index (χ3v) is 2.97. The Morgan fingerprint density at radius 2 is 2.13 bits per heavy atom. The van der Waals surface area contributed by atoms with Crippen LogP contribution in [0.1, 0.15) is 10.4 Å². The number of hydrogen-bond donors (Lipinski definition) is 2. The van der Waals surface area contributed by atoms with E-state index in [0.717, 1.165) is 23.2 Å². The highest BCUT2D eigenvalue weighted by atomic mass is 79.9. The van der Waals surface area contributed by atoms with Crippen molar-refractivity contribution >= 4 is 27.5 Å². The van der Waals surface area contributed by atoms with Gasteiger partial charge in [0.1, 0.15) is 0 Å². The Labute approximate surface area is 96.4 Å². The van der Waals surface area contributed by atoms with Crippen molar-refractivity contribution in [2.45, 2.75) is 6.04 Å². The molecule has 5 heteroatoms. The number of hydrogen-bond acceptors (Lipinski definition) is 3. The van der Waals surface area contributed by atoms with Crippen LogP contribution in [0, 0.1) is 0 Å². The summed E-state index contributed by atoms with van der Waals surface area (Å²) in [7, 11) is 0. The molecule has 0 aromatic heterocycles. The molecule has 1 fully saturated rings. The van der Waals surface area contributed by atoms with Crippen LogP contribution in [0.15, 0.2) is 22.7 Å². The molecule has 1 saturated heterocycles. The monoisotopic (exact) mass is 269 g/mol. The number of primary amides is 1. The van der Waals surface area contributed by atoms with Crippen LogP contribution in [0.5, 0.6) is 0 Å². The number of rotatable bonds is 2. The Balaban J connectivity index is 2.35. The molecule has 0 saturated carbocycles. The Morgan fingerprint density at radius 1 is 1.47 bits per heavy atom. The number of halogens is 1. The van der Waals surface area contributed by atoms with Crippen LogP contribution < -0.4 is 16.4 Å². The van der Waals surface area contributed by atoms with Gasteiger partial charge in [-0.3, -0.25) is 4.79 Å². The molecule has 2 rings (SSSR count). The van der Waals surface area contributed by atoms with Crippen molar-refractivity contribution in [1.29, 1.82) is 0 Å². The van der Waals surface area contributed by atoms with Crippen LogP contribution in [-0.4, -0.2) is 25.0 Å². The van der Waals surface area contributed by atoms with Crippen LogP contribution in [0.3, 0.4) is 0 Å². The summed E-state index contributed by atoms with van der Waals surface area (Å²) in [6, 6.07) is 5.63. The van der Waals surface area contributed by atoms with Crippen molar-refractivity contribution in [2.75, 3.05) is 18.0 Å². The minimum atomic E-state index is -0.405. The van der Waals surface area contributed by atoms with E-state index in [4.69, 9.17) is 11.5 Å². The molecule has 15 heavy (non-hydrogen) atoms. The fourth-order valence-electron chi connectivity index (χ4n) is 1.68.